The van der Waals surface area contributed by atoms with Gasteiger partial charge in [0.2, 0.25) is 0 Å². The lowest BCUT2D eigenvalue weighted by molar-refractivity contribution is 0.0538. The molecule has 2 aromatic heterocycles. The monoisotopic (exact) mass is 423 g/mol. The predicted octanol–water partition coefficient (Wildman–Crippen LogP) is 1.35. The minimum atomic E-state index is -0.974. The lowest BCUT2D eigenvalue weighted by Gasteiger charge is -2.37. The highest BCUT2D eigenvalue weighted by Crippen LogP contribution is 2.29. The van der Waals surface area contributed by atoms with Crippen LogP contribution in [-0.4, -0.2) is 71.4 Å². The van der Waals surface area contributed by atoms with Gasteiger partial charge in [0.1, 0.15) is 4.88 Å². The smallest absolute Gasteiger partial charge is 0.347 e. The summed E-state index contributed by atoms with van der Waals surface area (Å²) < 4.78 is 10.7. The Balaban J connectivity index is 1.67. The highest BCUT2D eigenvalue weighted by molar-refractivity contribution is 7.17. The van der Waals surface area contributed by atoms with Crippen LogP contribution in [0.2, 0.25) is 0 Å². The Labute approximate surface area is 172 Å². The molecule has 3 rings (SSSR count). The summed E-state index contributed by atoms with van der Waals surface area (Å²) in [4.78, 5) is 37.8. The van der Waals surface area contributed by atoms with E-state index in [1.165, 1.54) is 0 Å². The van der Waals surface area contributed by atoms with Gasteiger partial charge in [0.05, 0.1) is 30.1 Å². The van der Waals surface area contributed by atoms with E-state index in [-0.39, 0.29) is 28.8 Å². The summed E-state index contributed by atoms with van der Waals surface area (Å²) in [6, 6.07) is -0.194. The number of aromatic carboxylic acids is 1. The van der Waals surface area contributed by atoms with Crippen molar-refractivity contribution in [3.8, 4) is 0 Å². The van der Waals surface area contributed by atoms with Crippen LogP contribution in [-0.2, 0) is 16.1 Å². The number of nitrogens with zero attached hydrogens (tertiary/aromatic N) is 3. The molecule has 11 heteroatoms. The van der Waals surface area contributed by atoms with Crippen molar-refractivity contribution in [2.24, 2.45) is 0 Å². The number of thiazole rings is 1. The second kappa shape index (κ2) is 8.89. The number of carbonyl (C=O) groups excluding carboxylic acids is 1. The molecule has 0 spiro atoms. The van der Waals surface area contributed by atoms with Crippen molar-refractivity contribution in [2.75, 3.05) is 32.2 Å². The zero-order chi connectivity index (χ0) is 21.1. The Morgan fingerprint density at radius 3 is 2.72 bits per heavy atom. The number of rotatable bonds is 7. The molecule has 0 aromatic carbocycles. The van der Waals surface area contributed by atoms with Gasteiger partial charge in [-0.15, -0.1) is 0 Å². The van der Waals surface area contributed by atoms with Crippen LogP contribution in [0.15, 0.2) is 0 Å². The van der Waals surface area contributed by atoms with Gasteiger partial charge in [-0.25, -0.2) is 14.8 Å². The number of H-pyrrole nitrogens is 1. The van der Waals surface area contributed by atoms with Gasteiger partial charge in [0, 0.05) is 33.0 Å². The third-order valence-electron chi connectivity index (χ3n) is 4.91. The number of aryl methyl sites for hydroxylation is 2. The Kier molecular flexibility index (Phi) is 6.50. The molecule has 1 amide bonds. The van der Waals surface area contributed by atoms with Gasteiger partial charge in [-0.2, -0.15) is 0 Å². The third-order valence-corrected chi connectivity index (χ3v) is 6.12. The van der Waals surface area contributed by atoms with Crippen molar-refractivity contribution in [1.29, 1.82) is 0 Å². The summed E-state index contributed by atoms with van der Waals surface area (Å²) in [7, 11) is 3.17. The number of ether oxygens (including phenoxy) is 2. The number of hydrogen-bond donors (Lipinski definition) is 3. The average molecular weight is 423 g/mol. The van der Waals surface area contributed by atoms with Crippen LogP contribution in [0.5, 0.6) is 0 Å². The molecule has 1 saturated heterocycles. The van der Waals surface area contributed by atoms with Crippen LogP contribution in [0.1, 0.15) is 43.8 Å². The predicted molar refractivity (Wildman–Crippen MR) is 107 cm³/mol. The molecule has 0 aliphatic carbocycles. The minimum absolute atomic E-state index is 0.194. The number of amides is 1. The van der Waals surface area contributed by atoms with Gasteiger partial charge < -0.3 is 29.8 Å². The molecule has 0 bridgehead atoms. The summed E-state index contributed by atoms with van der Waals surface area (Å²) in [6.45, 7) is 4.99. The topological polar surface area (TPSA) is 130 Å². The van der Waals surface area contributed by atoms with Crippen molar-refractivity contribution >= 4 is 28.3 Å². The number of hydrogen-bond acceptors (Lipinski definition) is 8. The highest BCUT2D eigenvalue weighted by Gasteiger charge is 2.33. The average Bonchev–Trinajstić information content (AvgIpc) is 3.25. The molecular formula is C18H25N5O5S. The first-order valence-electron chi connectivity index (χ1n) is 9.17. The van der Waals surface area contributed by atoms with Crippen molar-refractivity contribution in [2.45, 2.75) is 39.0 Å². The maximum Gasteiger partial charge on any atom is 0.347 e. The minimum Gasteiger partial charge on any atom is -0.477 e. The number of methoxy groups -OCH3 is 2. The van der Waals surface area contributed by atoms with Crippen LogP contribution in [0.4, 0.5) is 5.13 Å². The number of aromatic nitrogens is 3. The number of carboxylic acid groups (broad SMARTS) is 1. The van der Waals surface area contributed by atoms with E-state index in [2.05, 4.69) is 20.3 Å². The van der Waals surface area contributed by atoms with E-state index in [0.717, 1.165) is 17.0 Å². The molecule has 1 aliphatic rings. The largest absolute Gasteiger partial charge is 0.477 e. The number of imidazole rings is 1. The van der Waals surface area contributed by atoms with Gasteiger partial charge in [-0.05, 0) is 20.3 Å². The molecule has 10 nitrogen and oxygen atoms in total. The number of aromatic amines is 1. The van der Waals surface area contributed by atoms with Crippen molar-refractivity contribution < 1.29 is 24.2 Å². The zero-order valence-electron chi connectivity index (χ0n) is 16.8. The van der Waals surface area contributed by atoms with Gasteiger partial charge in [0.25, 0.3) is 5.91 Å². The lowest BCUT2D eigenvalue weighted by Crippen LogP contribution is -2.55. The second-order valence-corrected chi connectivity index (χ2v) is 7.87. The van der Waals surface area contributed by atoms with Crippen LogP contribution in [0.3, 0.4) is 0 Å². The van der Waals surface area contributed by atoms with Gasteiger partial charge in [0.15, 0.2) is 11.0 Å². The fourth-order valence-corrected chi connectivity index (χ4v) is 4.27. The number of carbonyl (C=O) groups is 2. The molecule has 1 aliphatic heterocycles. The van der Waals surface area contributed by atoms with Crippen molar-refractivity contribution in [3.05, 3.63) is 27.8 Å². The molecule has 158 valence electrons. The second-order valence-electron chi connectivity index (χ2n) is 6.90. The van der Waals surface area contributed by atoms with E-state index in [0.29, 0.717) is 42.6 Å². The molecule has 0 saturated carbocycles. The molecule has 29 heavy (non-hydrogen) atoms. The lowest BCUT2D eigenvalue weighted by atomic mass is 10.0. The maximum absolute atomic E-state index is 12.6. The Hall–Kier alpha value is -2.50. The first-order valence-corrected chi connectivity index (χ1v) is 9.99. The summed E-state index contributed by atoms with van der Waals surface area (Å²) in [5, 5.41) is 12.9. The maximum atomic E-state index is 12.6. The van der Waals surface area contributed by atoms with Crippen molar-refractivity contribution in [1.82, 2.24) is 20.3 Å². The number of anilines is 1. The van der Waals surface area contributed by atoms with E-state index in [1.807, 2.05) is 11.8 Å². The Morgan fingerprint density at radius 1 is 1.34 bits per heavy atom. The third kappa shape index (κ3) is 4.57. The molecule has 2 aromatic rings. The number of carboxylic acids is 1. The molecule has 2 atom stereocenters. The van der Waals surface area contributed by atoms with Gasteiger partial charge in [-0.1, -0.05) is 11.3 Å². The molecular weight excluding hydrogens is 398 g/mol. The molecule has 1 fully saturated rings. The Bertz CT molecular complexity index is 895. The fourth-order valence-electron chi connectivity index (χ4n) is 3.33. The quantitative estimate of drug-likeness (QED) is 0.609. The standard InChI is InChI=1S/C18H25N5O5S/c1-9-12(8-27-3)21-15(19-9)16(24)22-11-5-6-23(7-13(11)28-4)18-20-10(2)14(29-18)17(25)26/h11,13H,5-8H2,1-4H3,(H,19,21)(H,22,24)(H,25,26)/t11-,13+/m0/s1. The SMILES string of the molecule is COCc1nc(C(=O)N[C@H]2CCN(c3nc(C)c(C(=O)O)s3)C[C@H]2OC)[nH]c1C. The number of nitrogens with one attached hydrogen (secondary N) is 2. The molecule has 3 N–H and O–H groups in total. The first kappa shape index (κ1) is 21.2. The van der Waals surface area contributed by atoms with Crippen LogP contribution < -0.4 is 10.2 Å². The first-order chi connectivity index (χ1) is 13.8. The van der Waals surface area contributed by atoms with Crippen LogP contribution in [0, 0.1) is 13.8 Å². The van der Waals surface area contributed by atoms with E-state index < -0.39 is 5.97 Å². The van der Waals surface area contributed by atoms with E-state index in [4.69, 9.17) is 9.47 Å². The zero-order valence-corrected chi connectivity index (χ0v) is 17.6. The summed E-state index contributed by atoms with van der Waals surface area (Å²) in [6.07, 6.45) is 0.371. The van der Waals surface area contributed by atoms with E-state index in [9.17, 15) is 14.7 Å². The highest BCUT2D eigenvalue weighted by atomic mass is 32.1. The summed E-state index contributed by atoms with van der Waals surface area (Å²) in [5.41, 5.74) is 1.99. The Morgan fingerprint density at radius 2 is 2.10 bits per heavy atom. The summed E-state index contributed by atoms with van der Waals surface area (Å²) >= 11 is 1.15. The molecule has 0 radical (unpaired) electrons. The van der Waals surface area contributed by atoms with Crippen LogP contribution >= 0.6 is 11.3 Å². The van der Waals surface area contributed by atoms with Crippen LogP contribution in [0.25, 0.3) is 0 Å². The van der Waals surface area contributed by atoms with E-state index in [1.54, 1.807) is 21.1 Å². The van der Waals surface area contributed by atoms with Gasteiger partial charge in [-0.3, -0.25) is 4.79 Å². The van der Waals surface area contributed by atoms with Gasteiger partial charge >= 0.3 is 5.97 Å². The van der Waals surface area contributed by atoms with Crippen molar-refractivity contribution in [3.63, 3.8) is 0 Å². The number of piperidine rings is 1. The molecule has 3 heterocycles. The van der Waals surface area contributed by atoms with E-state index >= 15 is 0 Å². The fraction of sp³-hybridized carbons (Fsp3) is 0.556. The normalized spacial score (nSPS) is 19.4. The summed E-state index contributed by atoms with van der Waals surface area (Å²) in [5.74, 6) is -1.03. The molecule has 0 unspecified atom stereocenters.